The highest BCUT2D eigenvalue weighted by Crippen LogP contribution is 2.46. The Hall–Kier alpha value is -1.22. The van der Waals surface area contributed by atoms with Crippen LogP contribution in [0.4, 0.5) is 35.1 Å². The summed E-state index contributed by atoms with van der Waals surface area (Å²) in [5, 5.41) is 0. The van der Waals surface area contributed by atoms with Gasteiger partial charge in [0.2, 0.25) is 0 Å². The van der Waals surface area contributed by atoms with E-state index in [-0.39, 0.29) is 35.5 Å². The van der Waals surface area contributed by atoms with Crippen LogP contribution in [0.3, 0.4) is 0 Å². The van der Waals surface area contributed by atoms with E-state index in [1.807, 2.05) is 0 Å². The number of hydrogen-bond donors (Lipinski definition) is 0. The van der Waals surface area contributed by atoms with E-state index in [0.29, 0.717) is 12.4 Å². The first-order valence-electron chi connectivity index (χ1n) is 8.06. The number of halogens is 8. The number of rotatable bonds is 8. The van der Waals surface area contributed by atoms with Gasteiger partial charge in [0.1, 0.15) is 0 Å². The molecular weight excluding hydrogens is 360 g/mol. The van der Waals surface area contributed by atoms with Crippen molar-refractivity contribution in [3.8, 4) is 0 Å². The lowest BCUT2D eigenvalue weighted by atomic mass is 10.0. The highest BCUT2D eigenvalue weighted by atomic mass is 19.4. The first kappa shape index (κ1) is 21.8. The summed E-state index contributed by atoms with van der Waals surface area (Å²) < 4.78 is 108. The third-order valence-corrected chi connectivity index (χ3v) is 4.23. The van der Waals surface area contributed by atoms with Gasteiger partial charge in [-0.2, -0.15) is 26.3 Å². The second-order valence-corrected chi connectivity index (χ2v) is 6.10. The summed E-state index contributed by atoms with van der Waals surface area (Å²) in [6.07, 6.45) is -11.1. The monoisotopic (exact) mass is 382 g/mol. The van der Waals surface area contributed by atoms with Gasteiger partial charge in [-0.05, 0) is 12.8 Å². The minimum absolute atomic E-state index is 0.0919. The summed E-state index contributed by atoms with van der Waals surface area (Å²) in [4.78, 5) is 0.184. The van der Waals surface area contributed by atoms with Gasteiger partial charge < -0.3 is 9.80 Å². The van der Waals surface area contributed by atoms with Crippen LogP contribution in [-0.2, 0) is 0 Å². The van der Waals surface area contributed by atoms with Gasteiger partial charge in [0.15, 0.2) is 0 Å². The topological polar surface area (TPSA) is 6.48 Å². The molecule has 2 unspecified atom stereocenters. The number of alkyl halides is 8. The van der Waals surface area contributed by atoms with Gasteiger partial charge in [-0.15, -0.1) is 0 Å². The van der Waals surface area contributed by atoms with Gasteiger partial charge in [-0.3, -0.25) is 0 Å². The second kappa shape index (κ2) is 7.57. The molecular formula is C15H22F8N2. The van der Waals surface area contributed by atoms with E-state index in [0.717, 1.165) is 0 Å². The molecule has 0 aliphatic carbocycles. The van der Waals surface area contributed by atoms with Gasteiger partial charge >= 0.3 is 12.4 Å². The summed E-state index contributed by atoms with van der Waals surface area (Å²) >= 11 is 0. The van der Waals surface area contributed by atoms with Crippen LogP contribution < -0.4 is 0 Å². The SMILES string of the molecule is CCCCC(F)(N1C=CN(C(F)(CCCC)C(F)(F)F)C1)C(F)(F)F. The summed E-state index contributed by atoms with van der Waals surface area (Å²) in [6.45, 7) is 1.95. The Bertz CT molecular complexity index is 421. The summed E-state index contributed by atoms with van der Waals surface area (Å²) in [5.74, 6) is -7.68. The molecule has 2 nitrogen and oxygen atoms in total. The van der Waals surface area contributed by atoms with Gasteiger partial charge in [-0.1, -0.05) is 26.7 Å². The Balaban J connectivity index is 3.06. The van der Waals surface area contributed by atoms with Crippen molar-refractivity contribution in [2.24, 2.45) is 0 Å². The van der Waals surface area contributed by atoms with E-state index in [2.05, 4.69) is 0 Å². The maximum atomic E-state index is 14.6. The molecule has 0 spiro atoms. The highest BCUT2D eigenvalue weighted by molar-refractivity contribution is 5.05. The van der Waals surface area contributed by atoms with Crippen LogP contribution in [0.2, 0.25) is 0 Å². The highest BCUT2D eigenvalue weighted by Gasteiger charge is 2.63. The molecule has 0 aromatic carbocycles. The minimum Gasteiger partial charge on any atom is -0.319 e. The van der Waals surface area contributed by atoms with E-state index in [4.69, 9.17) is 0 Å². The van der Waals surface area contributed by atoms with Gasteiger partial charge in [0.25, 0.3) is 11.6 Å². The molecule has 0 fully saturated rings. The zero-order valence-electron chi connectivity index (χ0n) is 14.0. The molecule has 1 rings (SSSR count). The van der Waals surface area contributed by atoms with E-state index in [1.165, 1.54) is 0 Å². The molecule has 1 aliphatic rings. The first-order valence-corrected chi connectivity index (χ1v) is 8.06. The van der Waals surface area contributed by atoms with E-state index < -0.39 is 43.4 Å². The Labute approximate surface area is 141 Å². The molecule has 0 N–H and O–H groups in total. The smallest absolute Gasteiger partial charge is 0.319 e. The number of hydrogen-bond acceptors (Lipinski definition) is 2. The fraction of sp³-hybridized carbons (Fsp3) is 0.867. The van der Waals surface area contributed by atoms with Gasteiger partial charge in [-0.25, -0.2) is 8.78 Å². The molecule has 148 valence electrons. The molecule has 0 saturated heterocycles. The maximum absolute atomic E-state index is 14.6. The second-order valence-electron chi connectivity index (χ2n) is 6.10. The van der Waals surface area contributed by atoms with Crippen LogP contribution in [0, 0.1) is 0 Å². The van der Waals surface area contributed by atoms with Crippen molar-refractivity contribution in [3.63, 3.8) is 0 Å². The van der Waals surface area contributed by atoms with Crippen LogP contribution in [0.1, 0.15) is 52.4 Å². The molecule has 2 atom stereocenters. The van der Waals surface area contributed by atoms with Crippen LogP contribution in [0.5, 0.6) is 0 Å². The molecule has 25 heavy (non-hydrogen) atoms. The zero-order valence-corrected chi connectivity index (χ0v) is 14.0. The van der Waals surface area contributed by atoms with Gasteiger partial charge in [0, 0.05) is 25.2 Å². The van der Waals surface area contributed by atoms with Gasteiger partial charge in [0.05, 0.1) is 6.67 Å². The Morgan fingerprint density at radius 2 is 1.00 bits per heavy atom. The quantitative estimate of drug-likeness (QED) is 0.383. The lowest BCUT2D eigenvalue weighted by Gasteiger charge is -2.40. The third-order valence-electron chi connectivity index (χ3n) is 4.23. The molecule has 0 amide bonds. The van der Waals surface area contributed by atoms with Crippen LogP contribution in [0.15, 0.2) is 12.4 Å². The maximum Gasteiger partial charge on any atom is 0.441 e. The molecule has 1 aliphatic heterocycles. The van der Waals surface area contributed by atoms with Crippen molar-refractivity contribution in [2.45, 2.75) is 76.3 Å². The molecule has 0 radical (unpaired) electrons. The first-order chi connectivity index (χ1) is 11.3. The lowest BCUT2D eigenvalue weighted by Crippen LogP contribution is -2.58. The Morgan fingerprint density at radius 3 is 1.24 bits per heavy atom. The van der Waals surface area contributed by atoms with E-state index in [1.54, 1.807) is 13.8 Å². The van der Waals surface area contributed by atoms with Crippen molar-refractivity contribution in [3.05, 3.63) is 12.4 Å². The van der Waals surface area contributed by atoms with Crippen LogP contribution in [0.25, 0.3) is 0 Å². The van der Waals surface area contributed by atoms with Crippen molar-refractivity contribution in [1.82, 2.24) is 9.80 Å². The molecule has 0 aromatic rings. The predicted molar refractivity (Wildman–Crippen MR) is 76.5 cm³/mol. The molecule has 0 bridgehead atoms. The third kappa shape index (κ3) is 4.31. The zero-order chi connectivity index (χ0) is 19.5. The van der Waals surface area contributed by atoms with E-state index >= 15 is 0 Å². The normalized spacial score (nSPS) is 20.7. The fourth-order valence-corrected chi connectivity index (χ4v) is 2.60. The van der Waals surface area contributed by atoms with Crippen molar-refractivity contribution in [1.29, 1.82) is 0 Å². The standard InChI is InChI=1S/C15H22F8N2/c1-3-5-7-12(16,14(18,19)20)24-9-10-25(11-24)13(17,8-6-4-2)15(21,22)23/h9-10H,3-8,11H2,1-2H3. The summed E-state index contributed by atoms with van der Waals surface area (Å²) in [7, 11) is 0. The van der Waals surface area contributed by atoms with Crippen LogP contribution in [-0.4, -0.2) is 40.4 Å². The predicted octanol–water partition coefficient (Wildman–Crippen LogP) is 5.87. The minimum atomic E-state index is -5.32. The lowest BCUT2D eigenvalue weighted by molar-refractivity contribution is -0.299. The molecule has 0 aromatic heterocycles. The summed E-state index contributed by atoms with van der Waals surface area (Å²) in [5.41, 5.74) is 0. The molecule has 10 heteroatoms. The van der Waals surface area contributed by atoms with Crippen molar-refractivity contribution in [2.75, 3.05) is 6.67 Å². The Kier molecular flexibility index (Phi) is 6.61. The Morgan fingerprint density at radius 1 is 0.680 bits per heavy atom. The van der Waals surface area contributed by atoms with Crippen LogP contribution >= 0.6 is 0 Å². The average molecular weight is 382 g/mol. The fourth-order valence-electron chi connectivity index (χ4n) is 2.60. The molecule has 0 saturated carbocycles. The van der Waals surface area contributed by atoms with Crippen molar-refractivity contribution < 1.29 is 35.1 Å². The van der Waals surface area contributed by atoms with Crippen molar-refractivity contribution >= 4 is 0 Å². The number of nitrogens with zero attached hydrogens (tertiary/aromatic N) is 2. The summed E-state index contributed by atoms with van der Waals surface area (Å²) in [6, 6.07) is 0. The average Bonchev–Trinajstić information content (AvgIpc) is 2.98. The largest absolute Gasteiger partial charge is 0.441 e. The van der Waals surface area contributed by atoms with E-state index in [9.17, 15) is 35.1 Å². The molecule has 1 heterocycles. The number of unbranched alkanes of at least 4 members (excludes halogenated alkanes) is 2.